The zero-order valence-corrected chi connectivity index (χ0v) is 12.3. The standard InChI is InChI=1S/C17H22N2O/c1-13-4-6-14(7-5-13)17(12-18)19(2)15-8-10-16(20-3)11-9-15/h4-11,17H,12,18H2,1-3H3. The van der Waals surface area contributed by atoms with Crippen LogP contribution in [-0.4, -0.2) is 20.7 Å². The highest BCUT2D eigenvalue weighted by Gasteiger charge is 2.15. The molecular weight excluding hydrogens is 248 g/mol. The van der Waals surface area contributed by atoms with E-state index < -0.39 is 0 Å². The van der Waals surface area contributed by atoms with Gasteiger partial charge in [0.2, 0.25) is 0 Å². The van der Waals surface area contributed by atoms with Crippen molar-refractivity contribution in [2.24, 2.45) is 5.73 Å². The van der Waals surface area contributed by atoms with Gasteiger partial charge in [0, 0.05) is 19.3 Å². The van der Waals surface area contributed by atoms with Gasteiger partial charge in [-0.1, -0.05) is 29.8 Å². The number of hydrogen-bond donors (Lipinski definition) is 1. The summed E-state index contributed by atoms with van der Waals surface area (Å²) in [6.07, 6.45) is 0. The summed E-state index contributed by atoms with van der Waals surface area (Å²) in [5, 5.41) is 0. The summed E-state index contributed by atoms with van der Waals surface area (Å²) in [7, 11) is 3.74. The molecule has 3 heteroatoms. The van der Waals surface area contributed by atoms with Crippen LogP contribution < -0.4 is 15.4 Å². The SMILES string of the molecule is COc1ccc(N(C)C(CN)c2ccc(C)cc2)cc1. The number of hydrogen-bond acceptors (Lipinski definition) is 3. The van der Waals surface area contributed by atoms with E-state index >= 15 is 0 Å². The highest BCUT2D eigenvalue weighted by atomic mass is 16.5. The number of nitrogens with two attached hydrogens (primary N) is 1. The maximum absolute atomic E-state index is 5.97. The quantitative estimate of drug-likeness (QED) is 0.907. The molecular formula is C17H22N2O. The molecule has 2 N–H and O–H groups in total. The molecule has 2 aromatic carbocycles. The van der Waals surface area contributed by atoms with Crippen LogP contribution in [-0.2, 0) is 0 Å². The number of ether oxygens (including phenoxy) is 1. The first-order valence-electron chi connectivity index (χ1n) is 6.79. The Kier molecular flexibility index (Phi) is 4.64. The number of methoxy groups -OCH3 is 1. The number of rotatable bonds is 5. The molecule has 0 heterocycles. The van der Waals surface area contributed by atoms with E-state index in [1.165, 1.54) is 11.1 Å². The molecule has 0 aliphatic carbocycles. The van der Waals surface area contributed by atoms with Gasteiger partial charge in [-0.2, -0.15) is 0 Å². The Hall–Kier alpha value is -2.00. The topological polar surface area (TPSA) is 38.5 Å². The molecule has 2 aromatic rings. The first kappa shape index (κ1) is 14.4. The molecule has 0 aliphatic heterocycles. The number of anilines is 1. The molecule has 2 rings (SSSR count). The lowest BCUT2D eigenvalue weighted by Gasteiger charge is -2.29. The van der Waals surface area contributed by atoms with E-state index in [1.807, 2.05) is 12.1 Å². The van der Waals surface area contributed by atoms with Gasteiger partial charge < -0.3 is 15.4 Å². The van der Waals surface area contributed by atoms with Crippen LogP contribution in [0.4, 0.5) is 5.69 Å². The van der Waals surface area contributed by atoms with E-state index in [0.717, 1.165) is 11.4 Å². The fraction of sp³-hybridized carbons (Fsp3) is 0.294. The van der Waals surface area contributed by atoms with E-state index in [4.69, 9.17) is 10.5 Å². The number of likely N-dealkylation sites (N-methyl/N-ethyl adjacent to an activating group) is 1. The second kappa shape index (κ2) is 6.44. The van der Waals surface area contributed by atoms with Crippen molar-refractivity contribution >= 4 is 5.69 Å². The smallest absolute Gasteiger partial charge is 0.119 e. The van der Waals surface area contributed by atoms with E-state index in [9.17, 15) is 0 Å². The predicted molar refractivity (Wildman–Crippen MR) is 84.4 cm³/mol. The van der Waals surface area contributed by atoms with E-state index in [-0.39, 0.29) is 6.04 Å². The molecule has 0 aromatic heterocycles. The number of nitrogens with zero attached hydrogens (tertiary/aromatic N) is 1. The molecule has 0 bridgehead atoms. The molecule has 0 aliphatic rings. The molecule has 1 atom stereocenters. The van der Waals surface area contributed by atoms with Crippen LogP contribution >= 0.6 is 0 Å². The first-order chi connectivity index (χ1) is 9.65. The predicted octanol–water partition coefficient (Wildman–Crippen LogP) is 3.14. The average molecular weight is 270 g/mol. The van der Waals surface area contributed by atoms with Crippen LogP contribution in [0.25, 0.3) is 0 Å². The van der Waals surface area contributed by atoms with Crippen LogP contribution in [0.15, 0.2) is 48.5 Å². The average Bonchev–Trinajstić information content (AvgIpc) is 2.50. The minimum Gasteiger partial charge on any atom is -0.497 e. The zero-order valence-electron chi connectivity index (χ0n) is 12.3. The van der Waals surface area contributed by atoms with Gasteiger partial charge in [-0.3, -0.25) is 0 Å². The van der Waals surface area contributed by atoms with Crippen molar-refractivity contribution in [1.29, 1.82) is 0 Å². The van der Waals surface area contributed by atoms with Crippen molar-refractivity contribution in [3.05, 3.63) is 59.7 Å². The highest BCUT2D eigenvalue weighted by Crippen LogP contribution is 2.26. The Morgan fingerprint density at radius 2 is 1.65 bits per heavy atom. The van der Waals surface area contributed by atoms with Crippen LogP contribution in [0, 0.1) is 6.92 Å². The minimum absolute atomic E-state index is 0.170. The first-order valence-corrected chi connectivity index (χ1v) is 6.79. The van der Waals surface area contributed by atoms with Gasteiger partial charge in [0.05, 0.1) is 13.2 Å². The maximum Gasteiger partial charge on any atom is 0.119 e. The second-order valence-electron chi connectivity index (χ2n) is 4.97. The summed E-state index contributed by atoms with van der Waals surface area (Å²) in [5.74, 6) is 0.863. The highest BCUT2D eigenvalue weighted by molar-refractivity contribution is 5.50. The molecule has 20 heavy (non-hydrogen) atoms. The van der Waals surface area contributed by atoms with Crippen molar-refractivity contribution in [2.45, 2.75) is 13.0 Å². The third kappa shape index (κ3) is 3.11. The van der Waals surface area contributed by atoms with Gasteiger partial charge in [0.25, 0.3) is 0 Å². The van der Waals surface area contributed by atoms with Crippen LogP contribution in [0.1, 0.15) is 17.2 Å². The largest absolute Gasteiger partial charge is 0.497 e. The Balaban J connectivity index is 2.23. The van der Waals surface area contributed by atoms with Gasteiger partial charge in [-0.05, 0) is 36.8 Å². The normalized spacial score (nSPS) is 12.0. The van der Waals surface area contributed by atoms with Gasteiger partial charge in [0.15, 0.2) is 0 Å². The van der Waals surface area contributed by atoms with Crippen molar-refractivity contribution in [3.63, 3.8) is 0 Å². The van der Waals surface area contributed by atoms with Gasteiger partial charge in [-0.15, -0.1) is 0 Å². The van der Waals surface area contributed by atoms with Crippen molar-refractivity contribution < 1.29 is 4.74 Å². The molecule has 0 fully saturated rings. The molecule has 0 saturated heterocycles. The zero-order chi connectivity index (χ0) is 14.5. The maximum atomic E-state index is 5.97. The minimum atomic E-state index is 0.170. The van der Waals surface area contributed by atoms with Crippen LogP contribution in [0.5, 0.6) is 5.75 Å². The Morgan fingerprint density at radius 1 is 1.05 bits per heavy atom. The molecule has 0 spiro atoms. The van der Waals surface area contributed by atoms with Gasteiger partial charge >= 0.3 is 0 Å². The van der Waals surface area contributed by atoms with Gasteiger partial charge in [0.1, 0.15) is 5.75 Å². The third-order valence-electron chi connectivity index (χ3n) is 3.63. The summed E-state index contributed by atoms with van der Waals surface area (Å²) in [4.78, 5) is 2.20. The second-order valence-corrected chi connectivity index (χ2v) is 4.97. The fourth-order valence-electron chi connectivity index (χ4n) is 2.30. The van der Waals surface area contributed by atoms with Crippen molar-refractivity contribution in [1.82, 2.24) is 0 Å². The summed E-state index contributed by atoms with van der Waals surface area (Å²) in [5.41, 5.74) is 9.59. The van der Waals surface area contributed by atoms with E-state index in [0.29, 0.717) is 6.54 Å². The monoisotopic (exact) mass is 270 g/mol. The summed E-state index contributed by atoms with van der Waals surface area (Å²) in [6.45, 7) is 2.67. The summed E-state index contributed by atoms with van der Waals surface area (Å²) >= 11 is 0. The lowest BCUT2D eigenvalue weighted by atomic mass is 10.0. The van der Waals surface area contributed by atoms with Crippen LogP contribution in [0.2, 0.25) is 0 Å². The molecule has 0 amide bonds. The fourth-order valence-corrected chi connectivity index (χ4v) is 2.30. The number of aryl methyl sites for hydroxylation is 1. The molecule has 0 saturated carbocycles. The molecule has 106 valence electrons. The lowest BCUT2D eigenvalue weighted by molar-refractivity contribution is 0.415. The van der Waals surface area contributed by atoms with Gasteiger partial charge in [-0.25, -0.2) is 0 Å². The van der Waals surface area contributed by atoms with Crippen molar-refractivity contribution in [2.75, 3.05) is 25.6 Å². The third-order valence-corrected chi connectivity index (χ3v) is 3.63. The summed E-state index contributed by atoms with van der Waals surface area (Å²) < 4.78 is 5.19. The number of benzene rings is 2. The molecule has 3 nitrogen and oxygen atoms in total. The van der Waals surface area contributed by atoms with Crippen LogP contribution in [0.3, 0.4) is 0 Å². The lowest BCUT2D eigenvalue weighted by Crippen LogP contribution is -2.30. The molecule has 0 radical (unpaired) electrons. The van der Waals surface area contributed by atoms with E-state index in [2.05, 4.69) is 55.3 Å². The van der Waals surface area contributed by atoms with E-state index in [1.54, 1.807) is 7.11 Å². The molecule has 1 unspecified atom stereocenters. The summed E-state index contributed by atoms with van der Waals surface area (Å²) in [6, 6.07) is 16.7. The Morgan fingerprint density at radius 3 is 2.15 bits per heavy atom. The Bertz CT molecular complexity index is 534. The van der Waals surface area contributed by atoms with Crippen molar-refractivity contribution in [3.8, 4) is 5.75 Å². The Labute approximate surface area is 121 Å².